The zero-order valence-electron chi connectivity index (χ0n) is 8.64. The quantitative estimate of drug-likeness (QED) is 0.778. The summed E-state index contributed by atoms with van der Waals surface area (Å²) in [5, 5.41) is 0. The van der Waals surface area contributed by atoms with Gasteiger partial charge in [-0.05, 0) is 38.5 Å². The third kappa shape index (κ3) is 1.93. The molecule has 1 unspecified atom stereocenters. The van der Waals surface area contributed by atoms with Crippen molar-refractivity contribution in [2.45, 2.75) is 32.0 Å². The summed E-state index contributed by atoms with van der Waals surface area (Å²) in [4.78, 5) is 0. The lowest BCUT2D eigenvalue weighted by atomic mass is 9.81. The molecule has 1 atom stereocenters. The molecule has 0 aliphatic heterocycles. The number of halogens is 2. The van der Waals surface area contributed by atoms with E-state index in [1.165, 1.54) is 31.2 Å². The molecule has 0 heterocycles. The summed E-state index contributed by atoms with van der Waals surface area (Å²) in [6.07, 6.45) is 0. The van der Waals surface area contributed by atoms with Crippen molar-refractivity contribution >= 4 is 0 Å². The second-order valence-corrected chi connectivity index (χ2v) is 4.23. The maximum atomic E-state index is 14.2. The van der Waals surface area contributed by atoms with E-state index in [1.807, 2.05) is 0 Å². The van der Waals surface area contributed by atoms with Crippen LogP contribution in [-0.4, -0.2) is 5.54 Å². The Morgan fingerprint density at radius 1 is 1.07 bits per heavy atom. The molecule has 0 radical (unpaired) electrons. The molecule has 1 rings (SSSR count). The van der Waals surface area contributed by atoms with Gasteiger partial charge in [-0.3, -0.25) is 0 Å². The first-order chi connectivity index (χ1) is 6.25. The molecule has 0 aliphatic carbocycles. The van der Waals surface area contributed by atoms with E-state index in [-0.39, 0.29) is 5.82 Å². The normalized spacial score (nSPS) is 16.4. The Hall–Kier alpha value is -0.960. The highest BCUT2D eigenvalue weighted by atomic mass is 19.1. The lowest BCUT2D eigenvalue weighted by molar-refractivity contribution is 0.0954. The molecule has 0 amide bonds. The highest BCUT2D eigenvalue weighted by Gasteiger charge is 2.39. The number of rotatable bonds is 2. The molecule has 1 aromatic rings. The minimum absolute atomic E-state index is 0.376. The molecule has 0 saturated heterocycles. The Morgan fingerprint density at radius 2 is 1.50 bits per heavy atom. The fraction of sp³-hybridized carbons (Fsp3) is 0.455. The number of benzene rings is 1. The van der Waals surface area contributed by atoms with Crippen LogP contribution in [0.2, 0.25) is 0 Å². The molecule has 2 N–H and O–H groups in total. The fourth-order valence-corrected chi connectivity index (χ4v) is 1.13. The van der Waals surface area contributed by atoms with Gasteiger partial charge >= 0.3 is 0 Å². The molecule has 1 aromatic carbocycles. The van der Waals surface area contributed by atoms with E-state index in [0.717, 1.165) is 0 Å². The summed E-state index contributed by atoms with van der Waals surface area (Å²) in [6, 6.07) is 5.31. The van der Waals surface area contributed by atoms with Gasteiger partial charge in [0.2, 0.25) is 0 Å². The average Bonchev–Trinajstić information content (AvgIpc) is 2.03. The second kappa shape index (κ2) is 3.31. The SMILES string of the molecule is CC(C)(N)C(C)(F)c1ccc(F)cc1. The van der Waals surface area contributed by atoms with Crippen LogP contribution in [0.15, 0.2) is 24.3 Å². The third-order valence-electron chi connectivity index (χ3n) is 2.60. The molecule has 0 aromatic heterocycles. The first-order valence-corrected chi connectivity index (χ1v) is 4.49. The third-order valence-corrected chi connectivity index (χ3v) is 2.60. The van der Waals surface area contributed by atoms with Crippen molar-refractivity contribution in [1.29, 1.82) is 0 Å². The summed E-state index contributed by atoms with van der Waals surface area (Å²) in [5.74, 6) is -0.376. The van der Waals surface area contributed by atoms with Crippen LogP contribution >= 0.6 is 0 Å². The molecule has 78 valence electrons. The first kappa shape index (κ1) is 11.1. The van der Waals surface area contributed by atoms with Crippen molar-refractivity contribution in [3.8, 4) is 0 Å². The number of hydrogen-bond acceptors (Lipinski definition) is 1. The number of alkyl halides is 1. The van der Waals surface area contributed by atoms with Gasteiger partial charge < -0.3 is 5.73 Å². The average molecular weight is 199 g/mol. The summed E-state index contributed by atoms with van der Waals surface area (Å²) >= 11 is 0. The molecule has 0 fully saturated rings. The lowest BCUT2D eigenvalue weighted by Gasteiger charge is -2.34. The predicted octanol–water partition coefficient (Wildman–Crippen LogP) is 2.75. The first-order valence-electron chi connectivity index (χ1n) is 4.49. The summed E-state index contributed by atoms with van der Waals surface area (Å²) in [7, 11) is 0. The van der Waals surface area contributed by atoms with Crippen molar-refractivity contribution in [1.82, 2.24) is 0 Å². The standard InChI is InChI=1S/C11H15F2N/c1-10(2,14)11(3,13)8-4-6-9(12)7-5-8/h4-7H,14H2,1-3H3. The van der Waals surface area contributed by atoms with Gasteiger partial charge in [-0.25, -0.2) is 8.78 Å². The Labute approximate surface area is 82.9 Å². The molecule has 0 aliphatic rings. The van der Waals surface area contributed by atoms with Crippen LogP contribution in [0, 0.1) is 5.82 Å². The molecule has 0 bridgehead atoms. The Balaban J connectivity index is 3.10. The lowest BCUT2D eigenvalue weighted by Crippen LogP contribution is -2.49. The van der Waals surface area contributed by atoms with Crippen molar-refractivity contribution in [3.05, 3.63) is 35.6 Å². The Bertz CT molecular complexity index is 309. The Morgan fingerprint density at radius 3 is 1.86 bits per heavy atom. The van der Waals surface area contributed by atoms with E-state index >= 15 is 0 Å². The van der Waals surface area contributed by atoms with Crippen molar-refractivity contribution in [3.63, 3.8) is 0 Å². The number of nitrogens with two attached hydrogens (primary N) is 1. The predicted molar refractivity (Wildman–Crippen MR) is 53.1 cm³/mol. The van der Waals surface area contributed by atoms with Crippen molar-refractivity contribution < 1.29 is 8.78 Å². The van der Waals surface area contributed by atoms with Crippen LogP contribution in [0.25, 0.3) is 0 Å². The maximum absolute atomic E-state index is 14.2. The van der Waals surface area contributed by atoms with Gasteiger partial charge in [0.1, 0.15) is 11.5 Å². The van der Waals surface area contributed by atoms with Gasteiger partial charge in [-0.1, -0.05) is 12.1 Å². The highest BCUT2D eigenvalue weighted by Crippen LogP contribution is 2.34. The smallest absolute Gasteiger partial charge is 0.150 e. The van der Waals surface area contributed by atoms with E-state index in [2.05, 4.69) is 0 Å². The molecule has 1 nitrogen and oxygen atoms in total. The minimum atomic E-state index is -1.67. The highest BCUT2D eigenvalue weighted by molar-refractivity contribution is 5.26. The zero-order valence-corrected chi connectivity index (χ0v) is 8.64. The fourth-order valence-electron chi connectivity index (χ4n) is 1.13. The zero-order chi connectivity index (χ0) is 11.0. The summed E-state index contributed by atoms with van der Waals surface area (Å²) < 4.78 is 26.8. The largest absolute Gasteiger partial charge is 0.323 e. The number of hydrogen-bond donors (Lipinski definition) is 1. The van der Waals surface area contributed by atoms with Gasteiger partial charge in [0, 0.05) is 5.54 Å². The van der Waals surface area contributed by atoms with E-state index in [1.54, 1.807) is 13.8 Å². The van der Waals surface area contributed by atoms with Gasteiger partial charge in [0.05, 0.1) is 0 Å². The van der Waals surface area contributed by atoms with Crippen LogP contribution in [0.5, 0.6) is 0 Å². The maximum Gasteiger partial charge on any atom is 0.150 e. The van der Waals surface area contributed by atoms with Crippen LogP contribution in [0.4, 0.5) is 8.78 Å². The van der Waals surface area contributed by atoms with Crippen LogP contribution < -0.4 is 5.73 Å². The van der Waals surface area contributed by atoms with Gasteiger partial charge in [-0.2, -0.15) is 0 Å². The van der Waals surface area contributed by atoms with Crippen molar-refractivity contribution in [2.75, 3.05) is 0 Å². The van der Waals surface area contributed by atoms with E-state index in [0.29, 0.717) is 5.56 Å². The van der Waals surface area contributed by atoms with E-state index < -0.39 is 11.2 Å². The molecule has 14 heavy (non-hydrogen) atoms. The Kier molecular flexibility index (Phi) is 2.63. The van der Waals surface area contributed by atoms with E-state index in [9.17, 15) is 8.78 Å². The summed E-state index contributed by atoms with van der Waals surface area (Å²) in [6.45, 7) is 4.62. The van der Waals surface area contributed by atoms with Gasteiger partial charge in [0.15, 0.2) is 0 Å². The van der Waals surface area contributed by atoms with E-state index in [4.69, 9.17) is 5.73 Å². The summed E-state index contributed by atoms with van der Waals surface area (Å²) in [5.41, 5.74) is 3.45. The van der Waals surface area contributed by atoms with Gasteiger partial charge in [-0.15, -0.1) is 0 Å². The molecule has 0 spiro atoms. The molecule has 0 saturated carbocycles. The molecular formula is C11H15F2N. The van der Waals surface area contributed by atoms with Gasteiger partial charge in [0.25, 0.3) is 0 Å². The van der Waals surface area contributed by atoms with Crippen molar-refractivity contribution in [2.24, 2.45) is 5.73 Å². The van der Waals surface area contributed by atoms with Crippen LogP contribution in [0.1, 0.15) is 26.3 Å². The monoisotopic (exact) mass is 199 g/mol. The minimum Gasteiger partial charge on any atom is -0.323 e. The van der Waals surface area contributed by atoms with Crippen LogP contribution in [-0.2, 0) is 5.67 Å². The molecule has 3 heteroatoms. The topological polar surface area (TPSA) is 26.0 Å². The molecular weight excluding hydrogens is 184 g/mol. The van der Waals surface area contributed by atoms with Crippen LogP contribution in [0.3, 0.4) is 0 Å². The second-order valence-electron chi connectivity index (χ2n) is 4.23.